The Morgan fingerprint density at radius 3 is 3.00 bits per heavy atom. The molecule has 0 saturated heterocycles. The molecule has 0 aliphatic carbocycles. The van der Waals surface area contributed by atoms with Gasteiger partial charge in [-0.25, -0.2) is 0 Å². The molecule has 2 aromatic rings. The average molecular weight is 249 g/mol. The molecule has 0 bridgehead atoms. The van der Waals surface area contributed by atoms with Gasteiger partial charge in [0.15, 0.2) is 0 Å². The van der Waals surface area contributed by atoms with E-state index < -0.39 is 0 Å². The zero-order valence-electron chi connectivity index (χ0n) is 9.21. The number of para-hydroxylation sites is 2. The lowest BCUT2D eigenvalue weighted by Crippen LogP contribution is -2.11. The summed E-state index contributed by atoms with van der Waals surface area (Å²) in [5, 5.41) is 6.38. The monoisotopic (exact) mass is 249 g/mol. The van der Waals surface area contributed by atoms with Crippen molar-refractivity contribution < 1.29 is 9.53 Å². The summed E-state index contributed by atoms with van der Waals surface area (Å²) >= 11 is 1.06. The fourth-order valence-electron chi connectivity index (χ4n) is 1.30. The first-order valence-electron chi connectivity index (χ1n) is 5.11. The molecule has 1 amide bonds. The van der Waals surface area contributed by atoms with Crippen molar-refractivity contribution in [1.29, 1.82) is 0 Å². The molecule has 2 rings (SSSR count). The molecular formula is C11H11N3O2S. The van der Waals surface area contributed by atoms with Crippen LogP contribution in [-0.2, 0) is 0 Å². The molecule has 0 saturated carbocycles. The SMILES string of the molecule is CCOc1ccccc1NC(=O)c1cnns1. The number of carbonyl (C=O) groups is 1. The fraction of sp³-hybridized carbons (Fsp3) is 0.182. The predicted octanol–water partition coefficient (Wildman–Crippen LogP) is 2.19. The Hall–Kier alpha value is -1.95. The van der Waals surface area contributed by atoms with Crippen LogP contribution in [0.4, 0.5) is 5.69 Å². The van der Waals surface area contributed by atoms with Crippen molar-refractivity contribution >= 4 is 23.1 Å². The second-order valence-electron chi connectivity index (χ2n) is 3.17. The second kappa shape index (κ2) is 5.40. The largest absolute Gasteiger partial charge is 0.492 e. The number of hydrogen-bond donors (Lipinski definition) is 1. The molecule has 0 radical (unpaired) electrons. The lowest BCUT2D eigenvalue weighted by molar-refractivity contribution is 0.103. The molecular weight excluding hydrogens is 238 g/mol. The van der Waals surface area contributed by atoms with Crippen LogP contribution < -0.4 is 10.1 Å². The van der Waals surface area contributed by atoms with E-state index in [0.717, 1.165) is 11.5 Å². The van der Waals surface area contributed by atoms with Crippen LogP contribution in [0.5, 0.6) is 5.75 Å². The maximum absolute atomic E-state index is 11.8. The van der Waals surface area contributed by atoms with Crippen LogP contribution in [0.1, 0.15) is 16.6 Å². The minimum atomic E-state index is -0.229. The first-order chi connectivity index (χ1) is 8.31. The molecule has 88 valence electrons. The zero-order valence-corrected chi connectivity index (χ0v) is 10.0. The number of hydrogen-bond acceptors (Lipinski definition) is 5. The van der Waals surface area contributed by atoms with Gasteiger partial charge in [-0.3, -0.25) is 4.79 Å². The van der Waals surface area contributed by atoms with E-state index in [0.29, 0.717) is 22.9 Å². The smallest absolute Gasteiger partial charge is 0.269 e. The van der Waals surface area contributed by atoms with Crippen LogP contribution in [0, 0.1) is 0 Å². The highest BCUT2D eigenvalue weighted by molar-refractivity contribution is 7.07. The fourth-order valence-corrected chi connectivity index (χ4v) is 1.71. The van der Waals surface area contributed by atoms with Gasteiger partial charge in [-0.15, -0.1) is 5.10 Å². The number of ether oxygens (including phenoxy) is 1. The van der Waals surface area contributed by atoms with Crippen molar-refractivity contribution in [2.24, 2.45) is 0 Å². The average Bonchev–Trinajstić information content (AvgIpc) is 2.85. The third-order valence-electron chi connectivity index (χ3n) is 2.02. The van der Waals surface area contributed by atoms with Gasteiger partial charge in [0.2, 0.25) is 0 Å². The van der Waals surface area contributed by atoms with Crippen molar-refractivity contribution in [1.82, 2.24) is 9.59 Å². The van der Waals surface area contributed by atoms with Crippen LogP contribution in [-0.4, -0.2) is 22.1 Å². The van der Waals surface area contributed by atoms with E-state index in [1.165, 1.54) is 6.20 Å². The van der Waals surface area contributed by atoms with Gasteiger partial charge in [0, 0.05) is 0 Å². The molecule has 0 aliphatic heterocycles. The molecule has 17 heavy (non-hydrogen) atoms. The van der Waals surface area contributed by atoms with Gasteiger partial charge < -0.3 is 10.1 Å². The number of benzene rings is 1. The first kappa shape index (κ1) is 11.5. The van der Waals surface area contributed by atoms with E-state index in [1.807, 2.05) is 25.1 Å². The first-order valence-corrected chi connectivity index (χ1v) is 5.89. The van der Waals surface area contributed by atoms with E-state index in [9.17, 15) is 4.79 Å². The molecule has 6 heteroatoms. The third kappa shape index (κ3) is 2.79. The topological polar surface area (TPSA) is 64.1 Å². The Morgan fingerprint density at radius 1 is 1.47 bits per heavy atom. The van der Waals surface area contributed by atoms with Crippen LogP contribution in [0.15, 0.2) is 30.5 Å². The number of amides is 1. The van der Waals surface area contributed by atoms with Gasteiger partial charge in [-0.1, -0.05) is 16.6 Å². The van der Waals surface area contributed by atoms with Gasteiger partial charge in [0.1, 0.15) is 10.6 Å². The Balaban J connectivity index is 2.15. The number of anilines is 1. The van der Waals surface area contributed by atoms with Crippen LogP contribution in [0.3, 0.4) is 0 Å². The predicted molar refractivity (Wildman–Crippen MR) is 65.5 cm³/mol. The molecule has 1 aromatic heterocycles. The second-order valence-corrected chi connectivity index (χ2v) is 3.95. The van der Waals surface area contributed by atoms with Crippen molar-refractivity contribution in [2.45, 2.75) is 6.92 Å². The third-order valence-corrected chi connectivity index (χ3v) is 2.68. The van der Waals surface area contributed by atoms with Crippen molar-refractivity contribution in [3.63, 3.8) is 0 Å². The maximum Gasteiger partial charge on any atom is 0.269 e. The van der Waals surface area contributed by atoms with Crippen molar-refractivity contribution in [3.8, 4) is 5.75 Å². The minimum Gasteiger partial charge on any atom is -0.492 e. The quantitative estimate of drug-likeness (QED) is 0.902. The van der Waals surface area contributed by atoms with E-state index in [4.69, 9.17) is 4.74 Å². The van der Waals surface area contributed by atoms with Crippen LogP contribution in [0.25, 0.3) is 0 Å². The summed E-state index contributed by atoms with van der Waals surface area (Å²) in [7, 11) is 0. The highest BCUT2D eigenvalue weighted by Crippen LogP contribution is 2.24. The summed E-state index contributed by atoms with van der Waals surface area (Å²) in [6.45, 7) is 2.45. The summed E-state index contributed by atoms with van der Waals surface area (Å²) in [5.74, 6) is 0.424. The molecule has 5 nitrogen and oxygen atoms in total. The number of nitrogens with zero attached hydrogens (tertiary/aromatic N) is 2. The van der Waals surface area contributed by atoms with Gasteiger partial charge in [0.05, 0.1) is 18.5 Å². The highest BCUT2D eigenvalue weighted by Gasteiger charge is 2.11. The lowest BCUT2D eigenvalue weighted by atomic mass is 10.3. The Kier molecular flexibility index (Phi) is 3.66. The minimum absolute atomic E-state index is 0.229. The van der Waals surface area contributed by atoms with Crippen LogP contribution >= 0.6 is 11.5 Å². The van der Waals surface area contributed by atoms with Gasteiger partial charge in [-0.2, -0.15) is 0 Å². The summed E-state index contributed by atoms with van der Waals surface area (Å²) in [4.78, 5) is 12.3. The Morgan fingerprint density at radius 2 is 2.29 bits per heavy atom. The molecule has 1 aromatic carbocycles. The van der Waals surface area contributed by atoms with Crippen molar-refractivity contribution in [2.75, 3.05) is 11.9 Å². The summed E-state index contributed by atoms with van der Waals surface area (Å²) < 4.78 is 9.06. The molecule has 0 spiro atoms. The summed E-state index contributed by atoms with van der Waals surface area (Å²) in [5.41, 5.74) is 0.646. The highest BCUT2D eigenvalue weighted by atomic mass is 32.1. The summed E-state index contributed by atoms with van der Waals surface area (Å²) in [6, 6.07) is 7.29. The van der Waals surface area contributed by atoms with E-state index in [2.05, 4.69) is 14.9 Å². The molecule has 1 N–H and O–H groups in total. The zero-order chi connectivity index (χ0) is 12.1. The standard InChI is InChI=1S/C11H11N3O2S/c1-2-16-9-6-4-3-5-8(9)13-11(15)10-7-12-14-17-10/h3-7H,2H2,1H3,(H,13,15). The van der Waals surface area contributed by atoms with Crippen molar-refractivity contribution in [3.05, 3.63) is 35.3 Å². The Labute approximate surface area is 103 Å². The van der Waals surface area contributed by atoms with Gasteiger partial charge in [0.25, 0.3) is 5.91 Å². The number of nitrogens with one attached hydrogen (secondary N) is 1. The molecule has 0 aliphatic rings. The lowest BCUT2D eigenvalue weighted by Gasteiger charge is -2.09. The Bertz CT molecular complexity index is 499. The van der Waals surface area contributed by atoms with E-state index >= 15 is 0 Å². The van der Waals surface area contributed by atoms with E-state index in [-0.39, 0.29) is 5.91 Å². The van der Waals surface area contributed by atoms with E-state index in [1.54, 1.807) is 6.07 Å². The number of aromatic nitrogens is 2. The van der Waals surface area contributed by atoms with Gasteiger partial charge in [-0.05, 0) is 30.6 Å². The molecule has 0 atom stereocenters. The molecule has 0 unspecified atom stereocenters. The molecule has 1 heterocycles. The van der Waals surface area contributed by atoms with Gasteiger partial charge >= 0.3 is 0 Å². The molecule has 0 fully saturated rings. The number of carbonyl (C=O) groups excluding carboxylic acids is 1. The number of rotatable bonds is 4. The van der Waals surface area contributed by atoms with Crippen LogP contribution in [0.2, 0.25) is 0 Å². The maximum atomic E-state index is 11.8. The normalized spacial score (nSPS) is 9.94. The summed E-state index contributed by atoms with van der Waals surface area (Å²) in [6.07, 6.45) is 1.43.